The largest absolute Gasteiger partial charge is 0.305 e. The van der Waals surface area contributed by atoms with E-state index >= 15 is 0 Å². The van der Waals surface area contributed by atoms with Gasteiger partial charge in [0.25, 0.3) is 0 Å². The normalized spacial score (nSPS) is 22.0. The number of benzene rings is 1. The lowest BCUT2D eigenvalue weighted by atomic mass is 10.0. The maximum Gasteiger partial charge on any atom is 0.0451 e. The minimum absolute atomic E-state index is 0.686. The van der Waals surface area contributed by atoms with E-state index in [0.717, 1.165) is 18.1 Å². The van der Waals surface area contributed by atoms with Gasteiger partial charge in [0.15, 0.2) is 0 Å². The van der Waals surface area contributed by atoms with Crippen molar-refractivity contribution in [2.75, 3.05) is 27.2 Å². The number of likely N-dealkylation sites (tertiary alicyclic amines) is 1. The molecule has 0 bridgehead atoms. The number of piperidine rings is 1. The fourth-order valence-electron chi connectivity index (χ4n) is 2.46. The van der Waals surface area contributed by atoms with Crippen LogP contribution in [0, 0.1) is 0 Å². The first-order chi connectivity index (χ1) is 8.16. The minimum atomic E-state index is 0.686. The highest BCUT2D eigenvalue weighted by molar-refractivity contribution is 6.31. The third-order valence-electron chi connectivity index (χ3n) is 3.56. The number of hydrogen-bond donors (Lipinski definition) is 0. The van der Waals surface area contributed by atoms with E-state index in [4.69, 9.17) is 11.6 Å². The fraction of sp³-hybridized carbons (Fsp3) is 0.571. The van der Waals surface area contributed by atoms with Crippen LogP contribution in [0.1, 0.15) is 18.4 Å². The summed E-state index contributed by atoms with van der Waals surface area (Å²) < 4.78 is 0. The summed E-state index contributed by atoms with van der Waals surface area (Å²) >= 11 is 6.21. The first kappa shape index (κ1) is 12.9. The Bertz CT molecular complexity index is 365. The first-order valence-corrected chi connectivity index (χ1v) is 6.67. The minimum Gasteiger partial charge on any atom is -0.305 e. The third kappa shape index (κ3) is 3.44. The molecule has 1 aliphatic rings. The van der Waals surface area contributed by atoms with Crippen molar-refractivity contribution in [3.8, 4) is 0 Å². The molecule has 0 aliphatic carbocycles. The molecule has 0 radical (unpaired) electrons. The van der Waals surface area contributed by atoms with E-state index in [1.54, 1.807) is 0 Å². The van der Waals surface area contributed by atoms with Crippen molar-refractivity contribution in [1.29, 1.82) is 0 Å². The molecule has 0 N–H and O–H groups in total. The summed E-state index contributed by atoms with van der Waals surface area (Å²) in [5.74, 6) is 0. The Balaban J connectivity index is 1.97. The predicted octanol–water partition coefficient (Wildman–Crippen LogP) is 2.87. The van der Waals surface area contributed by atoms with Crippen molar-refractivity contribution in [3.05, 3.63) is 34.9 Å². The van der Waals surface area contributed by atoms with Crippen LogP contribution in [0.3, 0.4) is 0 Å². The lowest BCUT2D eigenvalue weighted by Crippen LogP contribution is -2.44. The molecule has 1 fully saturated rings. The number of hydrogen-bond acceptors (Lipinski definition) is 2. The number of nitrogens with zero attached hydrogens (tertiary/aromatic N) is 2. The van der Waals surface area contributed by atoms with Crippen molar-refractivity contribution in [3.63, 3.8) is 0 Å². The van der Waals surface area contributed by atoms with Gasteiger partial charge >= 0.3 is 0 Å². The van der Waals surface area contributed by atoms with Gasteiger partial charge in [-0.05, 0) is 45.1 Å². The zero-order valence-electron chi connectivity index (χ0n) is 10.7. The van der Waals surface area contributed by atoms with Gasteiger partial charge in [-0.25, -0.2) is 0 Å². The van der Waals surface area contributed by atoms with Crippen LogP contribution in [0.25, 0.3) is 0 Å². The van der Waals surface area contributed by atoms with Crippen LogP contribution < -0.4 is 0 Å². The van der Waals surface area contributed by atoms with Gasteiger partial charge in [0, 0.05) is 24.2 Å². The van der Waals surface area contributed by atoms with E-state index in [1.165, 1.54) is 24.9 Å². The molecule has 94 valence electrons. The SMILES string of the molecule is CN(C)C1CCCN(Cc2ccccc2Cl)C1. The Kier molecular flexibility index (Phi) is 4.43. The van der Waals surface area contributed by atoms with Gasteiger partial charge in [0.1, 0.15) is 0 Å². The number of likely N-dealkylation sites (N-methyl/N-ethyl adjacent to an activating group) is 1. The Morgan fingerprint density at radius 2 is 2.12 bits per heavy atom. The van der Waals surface area contributed by atoms with Crippen LogP contribution in [-0.4, -0.2) is 43.0 Å². The van der Waals surface area contributed by atoms with Gasteiger partial charge in [-0.15, -0.1) is 0 Å². The van der Waals surface area contributed by atoms with Crippen molar-refractivity contribution < 1.29 is 0 Å². The average Bonchev–Trinajstić information content (AvgIpc) is 2.32. The molecule has 3 heteroatoms. The highest BCUT2D eigenvalue weighted by Crippen LogP contribution is 2.20. The van der Waals surface area contributed by atoms with E-state index in [0.29, 0.717) is 6.04 Å². The molecule has 2 rings (SSSR count). The Morgan fingerprint density at radius 3 is 2.82 bits per heavy atom. The van der Waals surface area contributed by atoms with Crippen molar-refractivity contribution >= 4 is 11.6 Å². The molecule has 1 atom stereocenters. The van der Waals surface area contributed by atoms with E-state index in [9.17, 15) is 0 Å². The van der Waals surface area contributed by atoms with E-state index in [-0.39, 0.29) is 0 Å². The Hall–Kier alpha value is -0.570. The number of rotatable bonds is 3. The maximum atomic E-state index is 6.21. The summed E-state index contributed by atoms with van der Waals surface area (Å²) in [6.45, 7) is 3.32. The smallest absolute Gasteiger partial charge is 0.0451 e. The van der Waals surface area contributed by atoms with Crippen LogP contribution in [0.4, 0.5) is 0 Å². The Labute approximate surface area is 109 Å². The van der Waals surface area contributed by atoms with Gasteiger partial charge < -0.3 is 4.90 Å². The third-order valence-corrected chi connectivity index (χ3v) is 3.93. The molecule has 2 nitrogen and oxygen atoms in total. The molecular formula is C14H21ClN2. The first-order valence-electron chi connectivity index (χ1n) is 6.29. The lowest BCUT2D eigenvalue weighted by molar-refractivity contribution is 0.128. The highest BCUT2D eigenvalue weighted by atomic mass is 35.5. The van der Waals surface area contributed by atoms with Gasteiger partial charge in [0.05, 0.1) is 0 Å². The Morgan fingerprint density at radius 1 is 1.35 bits per heavy atom. The molecule has 0 amide bonds. The molecule has 1 aromatic carbocycles. The van der Waals surface area contributed by atoms with Gasteiger partial charge in [0.2, 0.25) is 0 Å². The van der Waals surface area contributed by atoms with Crippen molar-refractivity contribution in [2.45, 2.75) is 25.4 Å². The summed E-state index contributed by atoms with van der Waals surface area (Å²) in [5, 5.41) is 0.888. The van der Waals surface area contributed by atoms with E-state index in [2.05, 4.69) is 36.0 Å². The topological polar surface area (TPSA) is 6.48 Å². The van der Waals surface area contributed by atoms with Crippen LogP contribution in [0.15, 0.2) is 24.3 Å². The molecular weight excluding hydrogens is 232 g/mol. The molecule has 17 heavy (non-hydrogen) atoms. The van der Waals surface area contributed by atoms with Gasteiger partial charge in [-0.1, -0.05) is 29.8 Å². The molecule has 0 spiro atoms. The summed E-state index contributed by atoms with van der Waals surface area (Å²) in [7, 11) is 4.34. The van der Waals surface area contributed by atoms with Crippen LogP contribution >= 0.6 is 11.6 Å². The molecule has 0 saturated carbocycles. The summed E-state index contributed by atoms with van der Waals surface area (Å²) in [6, 6.07) is 8.84. The van der Waals surface area contributed by atoms with Crippen molar-refractivity contribution in [1.82, 2.24) is 9.80 Å². The molecule has 0 aromatic heterocycles. The molecule has 1 aromatic rings. The molecule has 1 unspecified atom stereocenters. The van der Waals surface area contributed by atoms with Gasteiger partial charge in [-0.2, -0.15) is 0 Å². The predicted molar refractivity (Wildman–Crippen MR) is 73.4 cm³/mol. The summed E-state index contributed by atoms with van der Waals surface area (Å²) in [5.41, 5.74) is 1.24. The fourth-order valence-corrected chi connectivity index (χ4v) is 2.66. The van der Waals surface area contributed by atoms with E-state index in [1.807, 2.05) is 12.1 Å². The zero-order valence-corrected chi connectivity index (χ0v) is 11.5. The zero-order chi connectivity index (χ0) is 12.3. The van der Waals surface area contributed by atoms with E-state index < -0.39 is 0 Å². The van der Waals surface area contributed by atoms with Crippen LogP contribution in [-0.2, 0) is 6.54 Å². The standard InChI is InChI=1S/C14H21ClN2/c1-16(2)13-7-5-9-17(11-13)10-12-6-3-4-8-14(12)15/h3-4,6,8,13H,5,7,9-11H2,1-2H3. The van der Waals surface area contributed by atoms with Gasteiger partial charge in [-0.3, -0.25) is 4.90 Å². The van der Waals surface area contributed by atoms with Crippen LogP contribution in [0.2, 0.25) is 5.02 Å². The second kappa shape index (κ2) is 5.85. The monoisotopic (exact) mass is 252 g/mol. The molecule has 1 heterocycles. The second-order valence-electron chi connectivity index (χ2n) is 5.09. The summed E-state index contributed by atoms with van der Waals surface area (Å²) in [6.07, 6.45) is 2.60. The lowest BCUT2D eigenvalue weighted by Gasteiger charge is -2.36. The average molecular weight is 253 g/mol. The molecule has 1 saturated heterocycles. The quantitative estimate of drug-likeness (QED) is 0.816. The second-order valence-corrected chi connectivity index (χ2v) is 5.49. The van der Waals surface area contributed by atoms with Crippen molar-refractivity contribution in [2.24, 2.45) is 0 Å². The highest BCUT2D eigenvalue weighted by Gasteiger charge is 2.21. The molecule has 1 aliphatic heterocycles. The maximum absolute atomic E-state index is 6.21. The van der Waals surface area contributed by atoms with Crippen LogP contribution in [0.5, 0.6) is 0 Å². The summed E-state index contributed by atoms with van der Waals surface area (Å²) in [4.78, 5) is 4.84. The number of halogens is 1.